The van der Waals surface area contributed by atoms with Crippen molar-refractivity contribution in [3.05, 3.63) is 19.3 Å². The highest BCUT2D eigenvalue weighted by molar-refractivity contribution is 5.38. The molecule has 0 aliphatic carbocycles. The molecule has 95 valence electrons. The van der Waals surface area contributed by atoms with E-state index in [4.69, 9.17) is 0 Å². The minimum Gasteiger partial charge on any atom is -0.465 e. The van der Waals surface area contributed by atoms with Gasteiger partial charge in [0.2, 0.25) is 0 Å². The van der Waals surface area contributed by atoms with Crippen LogP contribution in [0.5, 0.6) is 0 Å². The molecule has 0 fully saturated rings. The van der Waals surface area contributed by atoms with Gasteiger partial charge in [0.15, 0.2) is 0 Å². The Morgan fingerprint density at radius 1 is 1.53 bits per heavy atom. The van der Waals surface area contributed by atoms with Crippen LogP contribution < -0.4 is 0 Å². The summed E-state index contributed by atoms with van der Waals surface area (Å²) in [5.41, 5.74) is -1.13. The Labute approximate surface area is 105 Å². The summed E-state index contributed by atoms with van der Waals surface area (Å²) in [5, 5.41) is 9.87. The SMILES string of the molecule is CCCCC#C[C@@](C)(O)[CH][CH][CH][C@H](C)OC=O. The van der Waals surface area contributed by atoms with Crippen molar-refractivity contribution < 1.29 is 14.6 Å². The van der Waals surface area contributed by atoms with Crippen molar-refractivity contribution in [3.63, 3.8) is 0 Å². The molecule has 0 rings (SSSR count). The number of hydrogen-bond donors (Lipinski definition) is 1. The lowest BCUT2D eigenvalue weighted by molar-refractivity contribution is -0.131. The van der Waals surface area contributed by atoms with Gasteiger partial charge in [-0.3, -0.25) is 4.79 Å². The van der Waals surface area contributed by atoms with Crippen LogP contribution in [-0.2, 0) is 9.53 Å². The van der Waals surface area contributed by atoms with Gasteiger partial charge in [-0.2, -0.15) is 0 Å². The summed E-state index contributed by atoms with van der Waals surface area (Å²) >= 11 is 0. The molecule has 0 heterocycles. The third kappa shape index (κ3) is 9.89. The van der Waals surface area contributed by atoms with E-state index in [2.05, 4.69) is 23.5 Å². The summed E-state index contributed by atoms with van der Waals surface area (Å²) in [7, 11) is 0. The zero-order valence-electron chi connectivity index (χ0n) is 10.8. The second-order valence-electron chi connectivity index (χ2n) is 4.04. The standard InChI is InChI=1S/C14H21O3/c1-4-5-6-7-10-14(3,16)11-8-9-13(2)17-12-15/h8-9,11-13,16H,4-6H2,1-3H3/t13-,14+/m0/s1. The number of hydrogen-bond acceptors (Lipinski definition) is 3. The molecule has 0 aliphatic heterocycles. The van der Waals surface area contributed by atoms with Crippen LogP contribution in [0.2, 0.25) is 0 Å². The van der Waals surface area contributed by atoms with E-state index in [1.807, 2.05) is 0 Å². The molecular weight excluding hydrogens is 216 g/mol. The normalized spacial score (nSPS) is 15.3. The maximum Gasteiger partial charge on any atom is 0.293 e. The largest absolute Gasteiger partial charge is 0.465 e. The summed E-state index contributed by atoms with van der Waals surface area (Å²) < 4.78 is 4.66. The van der Waals surface area contributed by atoms with Gasteiger partial charge in [0.05, 0.1) is 0 Å². The Morgan fingerprint density at radius 3 is 2.82 bits per heavy atom. The average Bonchev–Trinajstić information content (AvgIpc) is 2.24. The second kappa shape index (κ2) is 9.07. The topological polar surface area (TPSA) is 46.5 Å². The number of rotatable bonds is 8. The van der Waals surface area contributed by atoms with Crippen LogP contribution in [0.15, 0.2) is 0 Å². The molecule has 0 spiro atoms. The lowest BCUT2D eigenvalue weighted by atomic mass is 9.98. The molecule has 0 aromatic heterocycles. The van der Waals surface area contributed by atoms with E-state index in [1.165, 1.54) is 0 Å². The van der Waals surface area contributed by atoms with Crippen LogP contribution in [0, 0.1) is 31.1 Å². The van der Waals surface area contributed by atoms with Gasteiger partial charge in [-0.25, -0.2) is 0 Å². The van der Waals surface area contributed by atoms with Gasteiger partial charge < -0.3 is 9.84 Å². The van der Waals surface area contributed by atoms with E-state index < -0.39 is 5.60 Å². The second-order valence-corrected chi connectivity index (χ2v) is 4.04. The highest BCUT2D eigenvalue weighted by atomic mass is 16.5. The van der Waals surface area contributed by atoms with E-state index in [-0.39, 0.29) is 6.10 Å². The van der Waals surface area contributed by atoms with Gasteiger partial charge in [0.1, 0.15) is 11.7 Å². The molecule has 0 bridgehead atoms. The fraction of sp³-hybridized carbons (Fsp3) is 0.571. The maximum atomic E-state index is 10.0. The first-order chi connectivity index (χ1) is 8.02. The summed E-state index contributed by atoms with van der Waals surface area (Å²) in [6.07, 6.45) is 7.56. The smallest absolute Gasteiger partial charge is 0.293 e. The molecule has 1 N–H and O–H groups in total. The third-order valence-corrected chi connectivity index (χ3v) is 2.07. The molecule has 3 radical (unpaired) electrons. The predicted octanol–water partition coefficient (Wildman–Crippen LogP) is 2.11. The first-order valence-electron chi connectivity index (χ1n) is 5.86. The van der Waals surface area contributed by atoms with Gasteiger partial charge in [0, 0.05) is 19.3 Å². The molecule has 0 aromatic rings. The first kappa shape index (κ1) is 16.0. The summed E-state index contributed by atoms with van der Waals surface area (Å²) in [6, 6.07) is 0. The van der Waals surface area contributed by atoms with Crippen molar-refractivity contribution in [2.45, 2.75) is 51.7 Å². The molecule has 2 atom stereocenters. The molecule has 0 aliphatic rings. The maximum absolute atomic E-state index is 10.0. The zero-order chi connectivity index (χ0) is 13.1. The Morgan fingerprint density at radius 2 is 2.24 bits per heavy atom. The molecule has 0 aromatic carbocycles. The predicted molar refractivity (Wildman–Crippen MR) is 67.4 cm³/mol. The summed E-state index contributed by atoms with van der Waals surface area (Å²) in [6.45, 7) is 5.86. The monoisotopic (exact) mass is 237 g/mol. The number of aliphatic hydroxyl groups is 1. The van der Waals surface area contributed by atoms with Crippen LogP contribution in [0.1, 0.15) is 40.0 Å². The van der Waals surface area contributed by atoms with E-state index in [9.17, 15) is 9.90 Å². The number of ether oxygens (including phenoxy) is 1. The molecule has 0 unspecified atom stereocenters. The van der Waals surface area contributed by atoms with Gasteiger partial charge in [-0.15, -0.1) is 5.92 Å². The van der Waals surface area contributed by atoms with Gasteiger partial charge in [0.25, 0.3) is 6.47 Å². The highest BCUT2D eigenvalue weighted by Crippen LogP contribution is 2.11. The fourth-order valence-electron chi connectivity index (χ4n) is 1.08. The minimum absolute atomic E-state index is 0.299. The highest BCUT2D eigenvalue weighted by Gasteiger charge is 2.17. The van der Waals surface area contributed by atoms with Gasteiger partial charge in [-0.05, 0) is 26.7 Å². The number of carbonyl (C=O) groups excluding carboxylic acids is 1. The van der Waals surface area contributed by atoms with E-state index >= 15 is 0 Å². The van der Waals surface area contributed by atoms with Crippen molar-refractivity contribution in [1.29, 1.82) is 0 Å². The summed E-state index contributed by atoms with van der Waals surface area (Å²) in [4.78, 5) is 10.0. The van der Waals surface area contributed by atoms with E-state index in [0.29, 0.717) is 6.47 Å². The van der Waals surface area contributed by atoms with Crippen molar-refractivity contribution in [2.75, 3.05) is 0 Å². The van der Waals surface area contributed by atoms with Crippen LogP contribution in [0.3, 0.4) is 0 Å². The van der Waals surface area contributed by atoms with Crippen LogP contribution >= 0.6 is 0 Å². The Hall–Kier alpha value is -1.01. The Balaban J connectivity index is 3.82. The van der Waals surface area contributed by atoms with Crippen molar-refractivity contribution in [3.8, 4) is 11.8 Å². The Bertz CT molecular complexity index is 260. The third-order valence-electron chi connectivity index (χ3n) is 2.07. The van der Waals surface area contributed by atoms with Crippen molar-refractivity contribution in [2.24, 2.45) is 0 Å². The van der Waals surface area contributed by atoms with Crippen molar-refractivity contribution >= 4 is 6.47 Å². The first-order valence-corrected chi connectivity index (χ1v) is 5.86. The molecule has 17 heavy (non-hydrogen) atoms. The van der Waals surface area contributed by atoms with E-state index in [0.717, 1.165) is 19.3 Å². The average molecular weight is 237 g/mol. The van der Waals surface area contributed by atoms with Crippen LogP contribution in [0.4, 0.5) is 0 Å². The molecule has 0 amide bonds. The fourth-order valence-corrected chi connectivity index (χ4v) is 1.08. The zero-order valence-corrected chi connectivity index (χ0v) is 10.8. The Kier molecular flexibility index (Phi) is 8.53. The molecule has 3 nitrogen and oxygen atoms in total. The molecule has 3 heteroatoms. The van der Waals surface area contributed by atoms with Crippen LogP contribution in [0.25, 0.3) is 0 Å². The van der Waals surface area contributed by atoms with Crippen LogP contribution in [-0.4, -0.2) is 23.3 Å². The lowest BCUT2D eigenvalue weighted by Gasteiger charge is -2.16. The van der Waals surface area contributed by atoms with E-state index in [1.54, 1.807) is 33.1 Å². The van der Waals surface area contributed by atoms with Gasteiger partial charge in [-0.1, -0.05) is 19.3 Å². The molecular formula is C14H21O3. The summed E-state index contributed by atoms with van der Waals surface area (Å²) in [5.74, 6) is 5.73. The quantitative estimate of drug-likeness (QED) is 0.399. The van der Waals surface area contributed by atoms with Crippen molar-refractivity contribution in [1.82, 2.24) is 0 Å². The molecule has 0 saturated carbocycles. The molecule has 0 saturated heterocycles. The number of carbonyl (C=O) groups is 1. The number of unbranched alkanes of at least 4 members (excludes halogenated alkanes) is 2. The van der Waals surface area contributed by atoms with Gasteiger partial charge >= 0.3 is 0 Å². The minimum atomic E-state index is -1.13. The lowest BCUT2D eigenvalue weighted by Crippen LogP contribution is -2.23.